The molecule has 6 heteroatoms. The number of hydrogen-bond donors (Lipinski definition) is 1. The van der Waals surface area contributed by atoms with Gasteiger partial charge in [-0.15, -0.1) is 24.8 Å². The van der Waals surface area contributed by atoms with Crippen molar-refractivity contribution in [3.63, 3.8) is 0 Å². The molecule has 0 aliphatic heterocycles. The Morgan fingerprint density at radius 2 is 2.00 bits per heavy atom. The van der Waals surface area contributed by atoms with Gasteiger partial charge in [0, 0.05) is 13.6 Å². The summed E-state index contributed by atoms with van der Waals surface area (Å²) in [6.45, 7) is 2.47. The van der Waals surface area contributed by atoms with Gasteiger partial charge in [-0.3, -0.25) is 4.68 Å². The zero-order valence-corrected chi connectivity index (χ0v) is 10.1. The quantitative estimate of drug-likeness (QED) is 0.850. The second-order valence-corrected chi connectivity index (χ2v) is 2.97. The van der Waals surface area contributed by atoms with Crippen molar-refractivity contribution in [2.75, 3.05) is 0 Å². The van der Waals surface area contributed by atoms with Gasteiger partial charge in [0.2, 0.25) is 0 Å². The first kappa shape index (κ1) is 14.7. The minimum atomic E-state index is 0. The molecule has 72 valence electrons. The number of aromatic nitrogens is 2. The van der Waals surface area contributed by atoms with E-state index in [1.54, 1.807) is 4.68 Å². The molecule has 0 radical (unpaired) electrons. The average Bonchev–Trinajstić information content (AvgIpc) is 2.09. The van der Waals surface area contributed by atoms with Crippen molar-refractivity contribution >= 4 is 40.7 Å². The highest BCUT2D eigenvalue weighted by Gasteiger charge is 2.07. The van der Waals surface area contributed by atoms with E-state index in [0.29, 0.717) is 6.54 Å². The molecule has 0 aliphatic rings. The van der Waals surface area contributed by atoms with Crippen molar-refractivity contribution in [2.45, 2.75) is 13.5 Å². The first-order valence-corrected chi connectivity index (χ1v) is 3.84. The number of aryl methyl sites for hydroxylation is 2. The van der Waals surface area contributed by atoms with E-state index >= 15 is 0 Å². The lowest BCUT2D eigenvalue weighted by atomic mass is 10.4. The third kappa shape index (κ3) is 2.62. The molecule has 1 aromatic heterocycles. The van der Waals surface area contributed by atoms with Crippen molar-refractivity contribution in [2.24, 2.45) is 12.8 Å². The van der Waals surface area contributed by atoms with Gasteiger partial charge < -0.3 is 5.73 Å². The molecule has 0 saturated heterocycles. The van der Waals surface area contributed by atoms with Gasteiger partial charge in [-0.25, -0.2) is 0 Å². The first-order valence-electron chi connectivity index (χ1n) is 3.05. The second-order valence-electron chi connectivity index (χ2n) is 2.17. The van der Waals surface area contributed by atoms with E-state index in [9.17, 15) is 0 Å². The molecule has 0 saturated carbocycles. The van der Waals surface area contributed by atoms with E-state index in [1.165, 1.54) is 0 Å². The van der Waals surface area contributed by atoms with E-state index in [1.807, 2.05) is 14.0 Å². The SMILES string of the molecule is Cc1nn(C)c(CN)c1Br.Cl.Cl. The number of halogens is 3. The van der Waals surface area contributed by atoms with Crippen LogP contribution < -0.4 is 5.73 Å². The summed E-state index contributed by atoms with van der Waals surface area (Å²) in [5, 5.41) is 4.17. The fourth-order valence-corrected chi connectivity index (χ4v) is 1.40. The molecule has 1 rings (SSSR count). The molecule has 3 nitrogen and oxygen atoms in total. The van der Waals surface area contributed by atoms with E-state index < -0.39 is 0 Å². The Balaban J connectivity index is 0. The molecule has 0 amide bonds. The summed E-state index contributed by atoms with van der Waals surface area (Å²) in [7, 11) is 1.89. The molecule has 0 atom stereocenters. The summed E-state index contributed by atoms with van der Waals surface area (Å²) in [4.78, 5) is 0. The summed E-state index contributed by atoms with van der Waals surface area (Å²) in [6.07, 6.45) is 0. The summed E-state index contributed by atoms with van der Waals surface area (Å²) >= 11 is 3.40. The fourth-order valence-electron chi connectivity index (χ4n) is 0.902. The standard InChI is InChI=1S/C6H10BrN3.2ClH/c1-4-6(7)5(3-8)10(2)9-4;;/h3,8H2,1-2H3;2*1H. The van der Waals surface area contributed by atoms with Crippen LogP contribution >= 0.6 is 40.7 Å². The lowest BCUT2D eigenvalue weighted by Gasteiger charge is -1.95. The monoisotopic (exact) mass is 275 g/mol. The molecule has 0 bridgehead atoms. The maximum atomic E-state index is 5.47. The third-order valence-corrected chi connectivity index (χ3v) is 2.49. The molecule has 2 N–H and O–H groups in total. The van der Waals surface area contributed by atoms with Crippen LogP contribution in [0, 0.1) is 6.92 Å². The third-order valence-electron chi connectivity index (χ3n) is 1.45. The second kappa shape index (κ2) is 5.80. The van der Waals surface area contributed by atoms with Gasteiger partial charge in [0.25, 0.3) is 0 Å². The number of rotatable bonds is 1. The van der Waals surface area contributed by atoms with E-state index in [-0.39, 0.29) is 24.8 Å². The topological polar surface area (TPSA) is 43.8 Å². The summed E-state index contributed by atoms with van der Waals surface area (Å²) in [5.41, 5.74) is 7.50. The van der Waals surface area contributed by atoms with Crippen molar-refractivity contribution < 1.29 is 0 Å². The minimum absolute atomic E-state index is 0. The van der Waals surface area contributed by atoms with Gasteiger partial charge in [-0.05, 0) is 22.9 Å². The number of nitrogens with two attached hydrogens (primary N) is 1. The van der Waals surface area contributed by atoms with E-state index in [4.69, 9.17) is 5.73 Å². The minimum Gasteiger partial charge on any atom is -0.325 e. The zero-order chi connectivity index (χ0) is 7.72. The van der Waals surface area contributed by atoms with Crippen LogP contribution in [-0.2, 0) is 13.6 Å². The number of hydrogen-bond acceptors (Lipinski definition) is 2. The summed E-state index contributed by atoms with van der Waals surface area (Å²) < 4.78 is 2.82. The van der Waals surface area contributed by atoms with Crippen molar-refractivity contribution in [1.82, 2.24) is 9.78 Å². The predicted molar refractivity (Wildman–Crippen MR) is 58.0 cm³/mol. The van der Waals surface area contributed by atoms with Gasteiger partial charge in [-0.1, -0.05) is 0 Å². The van der Waals surface area contributed by atoms with Gasteiger partial charge in [0.05, 0.1) is 15.9 Å². The predicted octanol–water partition coefficient (Wildman–Crippen LogP) is 1.79. The van der Waals surface area contributed by atoms with Crippen LogP contribution in [0.25, 0.3) is 0 Å². The lowest BCUT2D eigenvalue weighted by molar-refractivity contribution is 0.705. The van der Waals surface area contributed by atoms with E-state index in [2.05, 4.69) is 21.0 Å². The Morgan fingerprint density at radius 1 is 1.50 bits per heavy atom. The van der Waals surface area contributed by atoms with Crippen molar-refractivity contribution in [3.05, 3.63) is 15.9 Å². The lowest BCUT2D eigenvalue weighted by Crippen LogP contribution is -2.04. The van der Waals surface area contributed by atoms with Crippen LogP contribution in [0.4, 0.5) is 0 Å². The van der Waals surface area contributed by atoms with Crippen LogP contribution in [0.5, 0.6) is 0 Å². The molecule has 0 aromatic carbocycles. The van der Waals surface area contributed by atoms with Gasteiger partial charge >= 0.3 is 0 Å². The number of nitrogens with zero attached hydrogens (tertiary/aromatic N) is 2. The summed E-state index contributed by atoms with van der Waals surface area (Å²) in [6, 6.07) is 0. The van der Waals surface area contributed by atoms with Crippen LogP contribution in [-0.4, -0.2) is 9.78 Å². The van der Waals surface area contributed by atoms with Crippen LogP contribution in [0.2, 0.25) is 0 Å². The van der Waals surface area contributed by atoms with Crippen LogP contribution in [0.1, 0.15) is 11.4 Å². The molecule has 1 heterocycles. The maximum Gasteiger partial charge on any atom is 0.0739 e. The van der Waals surface area contributed by atoms with E-state index in [0.717, 1.165) is 15.9 Å². The highest BCUT2D eigenvalue weighted by Crippen LogP contribution is 2.18. The Bertz CT molecular complexity index is 249. The molecule has 0 aliphatic carbocycles. The molecule has 1 aromatic rings. The van der Waals surface area contributed by atoms with Crippen LogP contribution in [0.3, 0.4) is 0 Å². The average molecular weight is 277 g/mol. The molecule has 0 fully saturated rings. The normalized spacial score (nSPS) is 8.67. The van der Waals surface area contributed by atoms with Crippen molar-refractivity contribution in [1.29, 1.82) is 0 Å². The first-order chi connectivity index (χ1) is 4.66. The fraction of sp³-hybridized carbons (Fsp3) is 0.500. The van der Waals surface area contributed by atoms with Crippen LogP contribution in [0.15, 0.2) is 4.47 Å². The van der Waals surface area contributed by atoms with Gasteiger partial charge in [0.15, 0.2) is 0 Å². The smallest absolute Gasteiger partial charge is 0.0739 e. The Labute approximate surface area is 92.6 Å². The Kier molecular flexibility index (Phi) is 7.13. The maximum absolute atomic E-state index is 5.47. The Morgan fingerprint density at radius 3 is 2.17 bits per heavy atom. The molecule has 0 spiro atoms. The van der Waals surface area contributed by atoms with Crippen molar-refractivity contribution in [3.8, 4) is 0 Å². The molecular weight excluding hydrogens is 265 g/mol. The Hall–Kier alpha value is 0.230. The highest BCUT2D eigenvalue weighted by atomic mass is 79.9. The molecule has 0 unspecified atom stereocenters. The molecule has 12 heavy (non-hydrogen) atoms. The highest BCUT2D eigenvalue weighted by molar-refractivity contribution is 9.10. The molecular formula is C6H12BrCl2N3. The largest absolute Gasteiger partial charge is 0.325 e. The van der Waals surface area contributed by atoms with Gasteiger partial charge in [0.1, 0.15) is 0 Å². The van der Waals surface area contributed by atoms with Gasteiger partial charge in [-0.2, -0.15) is 5.10 Å². The summed E-state index contributed by atoms with van der Waals surface area (Å²) in [5.74, 6) is 0. The zero-order valence-electron chi connectivity index (χ0n) is 6.87.